The molecule has 1 saturated heterocycles. The zero-order valence-corrected chi connectivity index (χ0v) is 13.7. The van der Waals surface area contributed by atoms with Crippen molar-refractivity contribution in [2.45, 2.75) is 39.7 Å². The first kappa shape index (κ1) is 17.3. The molecule has 23 heavy (non-hydrogen) atoms. The zero-order chi connectivity index (χ0) is 17.0. The number of aromatic carboxylic acids is 1. The van der Waals surface area contributed by atoms with E-state index in [1.807, 2.05) is 0 Å². The molecule has 1 aliphatic rings. The Balaban J connectivity index is 1.96. The monoisotopic (exact) mass is 321 g/mol. The van der Waals surface area contributed by atoms with E-state index in [0.717, 1.165) is 25.6 Å². The second-order valence-electron chi connectivity index (χ2n) is 6.86. The highest BCUT2D eigenvalue weighted by atomic mass is 16.5. The Morgan fingerprint density at radius 2 is 1.96 bits per heavy atom. The van der Waals surface area contributed by atoms with Crippen LogP contribution < -0.4 is 5.32 Å². The maximum absolute atomic E-state index is 12.1. The summed E-state index contributed by atoms with van der Waals surface area (Å²) in [7, 11) is 0. The van der Waals surface area contributed by atoms with Gasteiger partial charge in [-0.05, 0) is 18.3 Å². The fraction of sp³-hybridized carbons (Fsp3) is 0.625. The molecule has 0 aliphatic carbocycles. The number of carboxylic acids is 1. The van der Waals surface area contributed by atoms with Gasteiger partial charge in [0.15, 0.2) is 5.69 Å². The molecule has 0 saturated carbocycles. The van der Waals surface area contributed by atoms with Gasteiger partial charge in [-0.25, -0.2) is 14.8 Å². The molecule has 7 heteroatoms. The van der Waals surface area contributed by atoms with Crippen molar-refractivity contribution in [3.8, 4) is 0 Å². The highest BCUT2D eigenvalue weighted by Crippen LogP contribution is 2.33. The van der Waals surface area contributed by atoms with Crippen LogP contribution in [-0.4, -0.2) is 46.2 Å². The van der Waals surface area contributed by atoms with E-state index in [2.05, 4.69) is 36.1 Å². The van der Waals surface area contributed by atoms with Crippen LogP contribution in [0, 0.1) is 11.3 Å². The third kappa shape index (κ3) is 4.48. The van der Waals surface area contributed by atoms with Crippen molar-refractivity contribution in [1.82, 2.24) is 15.3 Å². The van der Waals surface area contributed by atoms with E-state index in [1.54, 1.807) is 0 Å². The van der Waals surface area contributed by atoms with E-state index in [4.69, 9.17) is 9.84 Å². The number of carbonyl (C=O) groups excluding carboxylic acids is 1. The summed E-state index contributed by atoms with van der Waals surface area (Å²) in [6.07, 6.45) is 4.35. The SMILES string of the molecule is CC(C)(C)C1OCCCC1CNC(=O)c1cnc(C(=O)O)cn1. The minimum absolute atomic E-state index is 0.0127. The van der Waals surface area contributed by atoms with Crippen molar-refractivity contribution in [1.29, 1.82) is 0 Å². The van der Waals surface area contributed by atoms with Crippen LogP contribution in [0.1, 0.15) is 54.6 Å². The minimum Gasteiger partial charge on any atom is -0.476 e. The quantitative estimate of drug-likeness (QED) is 0.876. The third-order valence-electron chi connectivity index (χ3n) is 3.93. The van der Waals surface area contributed by atoms with E-state index < -0.39 is 5.97 Å². The van der Waals surface area contributed by atoms with Crippen molar-refractivity contribution >= 4 is 11.9 Å². The van der Waals surface area contributed by atoms with E-state index in [0.29, 0.717) is 6.54 Å². The van der Waals surface area contributed by atoms with Gasteiger partial charge >= 0.3 is 5.97 Å². The standard InChI is InChI=1S/C16H23N3O4/c1-16(2,3)13-10(5-4-6-23-13)7-19-14(20)11-8-18-12(9-17-11)15(21)22/h8-10,13H,4-7H2,1-3H3,(H,19,20)(H,21,22). The van der Waals surface area contributed by atoms with Crippen LogP contribution in [0.15, 0.2) is 12.4 Å². The molecule has 1 aromatic heterocycles. The largest absolute Gasteiger partial charge is 0.476 e. The average molecular weight is 321 g/mol. The van der Waals surface area contributed by atoms with Crippen molar-refractivity contribution in [3.05, 3.63) is 23.8 Å². The number of nitrogens with zero attached hydrogens (tertiary/aromatic N) is 2. The first-order valence-corrected chi connectivity index (χ1v) is 7.74. The van der Waals surface area contributed by atoms with Crippen LogP contribution in [-0.2, 0) is 4.74 Å². The van der Waals surface area contributed by atoms with Gasteiger partial charge in [-0.15, -0.1) is 0 Å². The Hall–Kier alpha value is -2.02. The molecule has 126 valence electrons. The van der Waals surface area contributed by atoms with E-state index in [-0.39, 0.29) is 34.7 Å². The molecule has 0 radical (unpaired) electrons. The smallest absolute Gasteiger partial charge is 0.356 e. The Morgan fingerprint density at radius 3 is 2.52 bits per heavy atom. The molecule has 1 amide bonds. The molecule has 2 atom stereocenters. The number of carboxylic acid groups (broad SMARTS) is 1. The minimum atomic E-state index is -1.17. The highest BCUT2D eigenvalue weighted by Gasteiger charge is 2.35. The van der Waals surface area contributed by atoms with Gasteiger partial charge in [-0.3, -0.25) is 4.79 Å². The molecule has 1 aromatic rings. The van der Waals surface area contributed by atoms with Crippen LogP contribution in [0.3, 0.4) is 0 Å². The number of nitrogens with one attached hydrogen (secondary N) is 1. The highest BCUT2D eigenvalue weighted by molar-refractivity contribution is 5.92. The summed E-state index contributed by atoms with van der Waals surface area (Å²) in [4.78, 5) is 30.4. The molecule has 0 spiro atoms. The van der Waals surface area contributed by atoms with Gasteiger partial charge in [0, 0.05) is 19.1 Å². The first-order valence-electron chi connectivity index (χ1n) is 7.74. The van der Waals surface area contributed by atoms with Gasteiger partial charge in [0.25, 0.3) is 5.91 Å². The Morgan fingerprint density at radius 1 is 1.30 bits per heavy atom. The molecular weight excluding hydrogens is 298 g/mol. The molecule has 0 bridgehead atoms. The van der Waals surface area contributed by atoms with Crippen LogP contribution in [0.2, 0.25) is 0 Å². The van der Waals surface area contributed by atoms with Crippen LogP contribution in [0.4, 0.5) is 0 Å². The van der Waals surface area contributed by atoms with Crippen molar-refractivity contribution in [2.75, 3.05) is 13.2 Å². The number of hydrogen-bond donors (Lipinski definition) is 2. The summed E-state index contributed by atoms with van der Waals surface area (Å²) in [5, 5.41) is 11.6. The number of aromatic nitrogens is 2. The molecule has 2 unspecified atom stereocenters. The average Bonchev–Trinajstić information content (AvgIpc) is 2.52. The van der Waals surface area contributed by atoms with Gasteiger partial charge in [-0.2, -0.15) is 0 Å². The summed E-state index contributed by atoms with van der Waals surface area (Å²) < 4.78 is 5.89. The van der Waals surface area contributed by atoms with Gasteiger partial charge in [0.1, 0.15) is 5.69 Å². The van der Waals surface area contributed by atoms with Crippen LogP contribution in [0.25, 0.3) is 0 Å². The molecule has 2 N–H and O–H groups in total. The Bertz CT molecular complexity index is 566. The number of rotatable bonds is 4. The normalized spacial score (nSPS) is 21.7. The lowest BCUT2D eigenvalue weighted by Gasteiger charge is -2.40. The molecule has 2 heterocycles. The lowest BCUT2D eigenvalue weighted by molar-refractivity contribution is -0.0839. The molecule has 0 aromatic carbocycles. The number of carbonyl (C=O) groups is 2. The van der Waals surface area contributed by atoms with E-state index in [1.165, 1.54) is 6.20 Å². The van der Waals surface area contributed by atoms with E-state index in [9.17, 15) is 9.59 Å². The van der Waals surface area contributed by atoms with Gasteiger partial charge in [-0.1, -0.05) is 20.8 Å². The third-order valence-corrected chi connectivity index (χ3v) is 3.93. The number of ether oxygens (including phenoxy) is 1. The lowest BCUT2D eigenvalue weighted by Crippen LogP contribution is -2.45. The predicted molar refractivity (Wildman–Crippen MR) is 83.2 cm³/mol. The Kier molecular flexibility index (Phi) is 5.30. The topological polar surface area (TPSA) is 101 Å². The molecule has 1 fully saturated rings. The molecule has 2 rings (SSSR count). The zero-order valence-electron chi connectivity index (χ0n) is 13.7. The van der Waals surface area contributed by atoms with Crippen molar-refractivity contribution < 1.29 is 19.4 Å². The van der Waals surface area contributed by atoms with Crippen molar-refractivity contribution in [2.24, 2.45) is 11.3 Å². The fourth-order valence-corrected chi connectivity index (χ4v) is 2.88. The second-order valence-corrected chi connectivity index (χ2v) is 6.86. The maximum Gasteiger partial charge on any atom is 0.356 e. The number of amides is 1. The van der Waals surface area contributed by atoms with Gasteiger partial charge in [0.2, 0.25) is 0 Å². The first-order chi connectivity index (χ1) is 10.8. The maximum atomic E-state index is 12.1. The summed E-state index contributed by atoms with van der Waals surface area (Å²) in [5.41, 5.74) is -0.0623. The second kappa shape index (κ2) is 7.04. The van der Waals surface area contributed by atoms with Crippen LogP contribution >= 0.6 is 0 Å². The molecule has 7 nitrogen and oxygen atoms in total. The van der Waals surface area contributed by atoms with E-state index >= 15 is 0 Å². The number of hydrogen-bond acceptors (Lipinski definition) is 5. The predicted octanol–water partition coefficient (Wildman–Crippen LogP) is 1.75. The van der Waals surface area contributed by atoms with Crippen LogP contribution in [0.5, 0.6) is 0 Å². The Labute approximate surface area is 135 Å². The van der Waals surface area contributed by atoms with Gasteiger partial charge < -0.3 is 15.2 Å². The summed E-state index contributed by atoms with van der Waals surface area (Å²) in [6, 6.07) is 0. The molecule has 1 aliphatic heterocycles. The summed E-state index contributed by atoms with van der Waals surface area (Å²) >= 11 is 0. The summed E-state index contributed by atoms with van der Waals surface area (Å²) in [5.74, 6) is -1.27. The summed E-state index contributed by atoms with van der Waals surface area (Å²) in [6.45, 7) is 7.66. The fourth-order valence-electron chi connectivity index (χ4n) is 2.88. The molecular formula is C16H23N3O4. The lowest BCUT2D eigenvalue weighted by atomic mass is 9.78. The van der Waals surface area contributed by atoms with Gasteiger partial charge in [0.05, 0.1) is 18.5 Å². The van der Waals surface area contributed by atoms with Crippen molar-refractivity contribution in [3.63, 3.8) is 0 Å².